The van der Waals surface area contributed by atoms with Crippen LogP contribution in [0.4, 0.5) is 5.82 Å². The molecule has 3 rings (SSSR count). The second-order valence-electron chi connectivity index (χ2n) is 4.35. The predicted octanol–water partition coefficient (Wildman–Crippen LogP) is 3.38. The summed E-state index contributed by atoms with van der Waals surface area (Å²) < 4.78 is 2.11. The smallest absolute Gasteiger partial charge is 0.128 e. The highest BCUT2D eigenvalue weighted by atomic mass is 32.1. The molecule has 1 aliphatic heterocycles. The Morgan fingerprint density at radius 3 is 3.18 bits per heavy atom. The van der Waals surface area contributed by atoms with Gasteiger partial charge in [0, 0.05) is 18.7 Å². The van der Waals surface area contributed by atoms with E-state index in [-0.39, 0.29) is 0 Å². The lowest BCUT2D eigenvalue weighted by atomic mass is 10.1. The number of anilines is 1. The summed E-state index contributed by atoms with van der Waals surface area (Å²) in [6, 6.07) is 4.26. The minimum absolute atomic E-state index is 0.931. The van der Waals surface area contributed by atoms with Crippen molar-refractivity contribution in [3.8, 4) is 10.6 Å². The Balaban J connectivity index is 2.12. The topological polar surface area (TPSA) is 29.9 Å². The molecule has 3 nitrogen and oxygen atoms in total. The van der Waals surface area contributed by atoms with E-state index in [1.54, 1.807) is 11.3 Å². The Hall–Kier alpha value is -1.29. The molecule has 0 aromatic carbocycles. The number of nitrogens with one attached hydrogen (secondary N) is 1. The number of thiophene rings is 1. The van der Waals surface area contributed by atoms with Crippen molar-refractivity contribution in [3.05, 3.63) is 23.1 Å². The van der Waals surface area contributed by atoms with Gasteiger partial charge in [-0.3, -0.25) is 0 Å². The third kappa shape index (κ3) is 1.86. The highest BCUT2D eigenvalue weighted by molar-refractivity contribution is 7.13. The third-order valence-electron chi connectivity index (χ3n) is 3.25. The second-order valence-corrected chi connectivity index (χ2v) is 5.30. The highest BCUT2D eigenvalue weighted by Gasteiger charge is 2.20. The first kappa shape index (κ1) is 10.8. The van der Waals surface area contributed by atoms with Crippen LogP contribution in [-0.2, 0) is 13.0 Å². The molecule has 90 valence electrons. The van der Waals surface area contributed by atoms with E-state index in [1.807, 2.05) is 0 Å². The minimum atomic E-state index is 0.931. The number of aromatic nitrogens is 2. The maximum absolute atomic E-state index is 4.76. The second kappa shape index (κ2) is 4.53. The van der Waals surface area contributed by atoms with E-state index in [9.17, 15) is 0 Å². The fourth-order valence-electron chi connectivity index (χ4n) is 2.41. The molecule has 2 aromatic heterocycles. The number of hydrogen-bond donors (Lipinski definition) is 1. The largest absolute Gasteiger partial charge is 0.370 e. The van der Waals surface area contributed by atoms with Crippen LogP contribution in [0, 0.1) is 0 Å². The molecule has 17 heavy (non-hydrogen) atoms. The van der Waals surface area contributed by atoms with Crippen LogP contribution in [0.3, 0.4) is 0 Å². The van der Waals surface area contributed by atoms with Crippen molar-refractivity contribution in [2.45, 2.75) is 32.7 Å². The summed E-state index contributed by atoms with van der Waals surface area (Å²) in [6.07, 6.45) is 3.66. The van der Waals surface area contributed by atoms with Gasteiger partial charge >= 0.3 is 0 Å². The monoisotopic (exact) mass is 247 g/mol. The molecule has 2 aromatic rings. The number of fused-ring (bicyclic) bond motifs is 1. The molecule has 0 aliphatic carbocycles. The standard InChI is InChI=1S/C13H17N3S/c1-2-16-13-10(6-3-4-8-14-13)12(15-16)11-7-5-9-17-11/h5,7,9,14H,2-4,6,8H2,1H3. The first-order chi connectivity index (χ1) is 8.40. The van der Waals surface area contributed by atoms with Gasteiger partial charge in [0.25, 0.3) is 0 Å². The van der Waals surface area contributed by atoms with E-state index in [1.165, 1.54) is 34.8 Å². The van der Waals surface area contributed by atoms with Gasteiger partial charge in [0.2, 0.25) is 0 Å². The van der Waals surface area contributed by atoms with Crippen LogP contribution in [0.25, 0.3) is 10.6 Å². The average Bonchev–Trinajstić information content (AvgIpc) is 2.91. The van der Waals surface area contributed by atoms with Gasteiger partial charge in [0.1, 0.15) is 11.5 Å². The SMILES string of the molecule is CCn1nc(-c2cccs2)c2c1NCCCC2. The number of nitrogens with zero attached hydrogens (tertiary/aromatic N) is 2. The lowest BCUT2D eigenvalue weighted by Gasteiger charge is -2.06. The van der Waals surface area contributed by atoms with Crippen molar-refractivity contribution in [3.63, 3.8) is 0 Å². The highest BCUT2D eigenvalue weighted by Crippen LogP contribution is 2.34. The number of rotatable bonds is 2. The summed E-state index contributed by atoms with van der Waals surface area (Å²) in [5.74, 6) is 1.24. The number of hydrogen-bond acceptors (Lipinski definition) is 3. The summed E-state index contributed by atoms with van der Waals surface area (Å²) in [5.41, 5.74) is 2.60. The summed E-state index contributed by atoms with van der Waals surface area (Å²) in [5, 5.41) is 10.4. The molecule has 3 heterocycles. The molecular formula is C13H17N3S. The van der Waals surface area contributed by atoms with E-state index >= 15 is 0 Å². The third-order valence-corrected chi connectivity index (χ3v) is 4.13. The van der Waals surface area contributed by atoms with Crippen LogP contribution < -0.4 is 5.32 Å². The van der Waals surface area contributed by atoms with Crippen LogP contribution >= 0.6 is 11.3 Å². The quantitative estimate of drug-likeness (QED) is 0.881. The summed E-state index contributed by atoms with van der Waals surface area (Å²) >= 11 is 1.78. The minimum Gasteiger partial charge on any atom is -0.370 e. The molecule has 1 N–H and O–H groups in total. The van der Waals surface area contributed by atoms with Gasteiger partial charge in [-0.05, 0) is 37.6 Å². The van der Waals surface area contributed by atoms with Gasteiger partial charge < -0.3 is 5.32 Å². The van der Waals surface area contributed by atoms with Crippen molar-refractivity contribution in [1.29, 1.82) is 0 Å². The maximum Gasteiger partial charge on any atom is 0.128 e. The molecule has 0 saturated carbocycles. The van der Waals surface area contributed by atoms with E-state index in [0.29, 0.717) is 0 Å². The molecule has 0 atom stereocenters. The van der Waals surface area contributed by atoms with Crippen LogP contribution in [0.1, 0.15) is 25.3 Å². The Kier molecular flexibility index (Phi) is 2.89. The Morgan fingerprint density at radius 1 is 1.47 bits per heavy atom. The first-order valence-corrected chi connectivity index (χ1v) is 7.15. The van der Waals surface area contributed by atoms with Crippen molar-refractivity contribution < 1.29 is 0 Å². The van der Waals surface area contributed by atoms with Gasteiger partial charge in [-0.15, -0.1) is 11.3 Å². The van der Waals surface area contributed by atoms with Crippen molar-refractivity contribution in [2.75, 3.05) is 11.9 Å². The summed E-state index contributed by atoms with van der Waals surface area (Å²) in [7, 11) is 0. The Bertz CT molecular complexity index is 499. The van der Waals surface area contributed by atoms with Crippen molar-refractivity contribution in [2.24, 2.45) is 0 Å². The van der Waals surface area contributed by atoms with Gasteiger partial charge in [-0.2, -0.15) is 5.10 Å². The molecule has 1 aliphatic rings. The average molecular weight is 247 g/mol. The van der Waals surface area contributed by atoms with Crippen molar-refractivity contribution in [1.82, 2.24) is 9.78 Å². The van der Waals surface area contributed by atoms with Crippen LogP contribution in [0.5, 0.6) is 0 Å². The van der Waals surface area contributed by atoms with E-state index in [4.69, 9.17) is 5.10 Å². The Labute approximate surface area is 105 Å². The fraction of sp³-hybridized carbons (Fsp3) is 0.462. The van der Waals surface area contributed by atoms with Gasteiger partial charge in [0.05, 0.1) is 4.88 Å². The zero-order chi connectivity index (χ0) is 11.7. The van der Waals surface area contributed by atoms with Crippen LogP contribution in [0.15, 0.2) is 17.5 Å². The molecule has 0 radical (unpaired) electrons. The maximum atomic E-state index is 4.76. The van der Waals surface area contributed by atoms with E-state index in [0.717, 1.165) is 19.5 Å². The number of aryl methyl sites for hydroxylation is 1. The lowest BCUT2D eigenvalue weighted by molar-refractivity contribution is 0.665. The fourth-order valence-corrected chi connectivity index (χ4v) is 3.14. The molecular weight excluding hydrogens is 230 g/mol. The lowest BCUT2D eigenvalue weighted by Crippen LogP contribution is -2.07. The van der Waals surface area contributed by atoms with Gasteiger partial charge in [-0.25, -0.2) is 4.68 Å². The normalized spacial score (nSPS) is 15.1. The molecule has 0 saturated heterocycles. The molecule has 0 spiro atoms. The predicted molar refractivity (Wildman–Crippen MR) is 72.6 cm³/mol. The van der Waals surface area contributed by atoms with Crippen LogP contribution in [-0.4, -0.2) is 16.3 Å². The molecule has 4 heteroatoms. The molecule has 0 fully saturated rings. The Morgan fingerprint density at radius 2 is 2.41 bits per heavy atom. The zero-order valence-corrected chi connectivity index (χ0v) is 10.9. The van der Waals surface area contributed by atoms with Crippen molar-refractivity contribution >= 4 is 17.2 Å². The molecule has 0 unspecified atom stereocenters. The molecule has 0 bridgehead atoms. The van der Waals surface area contributed by atoms with Gasteiger partial charge in [-0.1, -0.05) is 6.07 Å². The summed E-state index contributed by atoms with van der Waals surface area (Å²) in [4.78, 5) is 1.29. The first-order valence-electron chi connectivity index (χ1n) is 6.27. The van der Waals surface area contributed by atoms with Gasteiger partial charge in [0.15, 0.2) is 0 Å². The summed E-state index contributed by atoms with van der Waals surface area (Å²) in [6.45, 7) is 4.15. The zero-order valence-electron chi connectivity index (χ0n) is 10.1. The molecule has 0 amide bonds. The van der Waals surface area contributed by atoms with E-state index < -0.39 is 0 Å². The van der Waals surface area contributed by atoms with E-state index in [2.05, 4.69) is 34.4 Å². The van der Waals surface area contributed by atoms with Crippen LogP contribution in [0.2, 0.25) is 0 Å².